The molecular weight excluding hydrogens is 230 g/mol. The van der Waals surface area contributed by atoms with Crippen molar-refractivity contribution in [1.29, 1.82) is 0 Å². The molecule has 0 aromatic heterocycles. The van der Waals surface area contributed by atoms with Crippen LogP contribution in [-0.2, 0) is 4.79 Å². The van der Waals surface area contributed by atoms with Gasteiger partial charge in [-0.25, -0.2) is 0 Å². The average Bonchev–Trinajstić information content (AvgIpc) is 2.36. The summed E-state index contributed by atoms with van der Waals surface area (Å²) in [6.45, 7) is 3.39. The number of nitrogens with two attached hydrogens (primary N) is 1. The predicted octanol–water partition coefficient (Wildman–Crippen LogP) is 0.0784. The van der Waals surface area contributed by atoms with Crippen LogP contribution in [0.15, 0.2) is 0 Å². The van der Waals surface area contributed by atoms with E-state index in [0.717, 1.165) is 58.2 Å². The molecule has 0 saturated carbocycles. The Kier molecular flexibility index (Phi) is 7.96. The zero-order valence-electron chi connectivity index (χ0n) is 11.2. The van der Waals surface area contributed by atoms with Gasteiger partial charge in [-0.15, -0.1) is 0 Å². The maximum absolute atomic E-state index is 11.7. The summed E-state index contributed by atoms with van der Waals surface area (Å²) < 4.78 is 0. The number of carbonyl (C=O) groups is 1. The number of aliphatic hydroxyl groups excluding tert-OH is 1. The van der Waals surface area contributed by atoms with E-state index in [1.807, 2.05) is 0 Å². The summed E-state index contributed by atoms with van der Waals surface area (Å²) in [5.74, 6) is 0.118. The number of hydrogen-bond donors (Lipinski definition) is 3. The summed E-state index contributed by atoms with van der Waals surface area (Å²) in [4.78, 5) is 13.8. The number of amides is 1. The normalized spacial score (nSPS) is 17.9. The van der Waals surface area contributed by atoms with Crippen molar-refractivity contribution in [2.75, 3.05) is 32.8 Å². The van der Waals surface area contributed by atoms with Gasteiger partial charge >= 0.3 is 0 Å². The van der Waals surface area contributed by atoms with Gasteiger partial charge in [-0.05, 0) is 25.7 Å². The smallest absolute Gasteiger partial charge is 0.234 e. The van der Waals surface area contributed by atoms with Crippen molar-refractivity contribution < 1.29 is 9.90 Å². The van der Waals surface area contributed by atoms with E-state index in [2.05, 4.69) is 10.2 Å². The summed E-state index contributed by atoms with van der Waals surface area (Å²) in [5, 5.41) is 11.6. The number of rotatable bonds is 8. The van der Waals surface area contributed by atoms with Gasteiger partial charge in [-0.1, -0.05) is 12.8 Å². The number of aliphatic hydroxyl groups is 1. The van der Waals surface area contributed by atoms with Crippen molar-refractivity contribution in [2.45, 2.75) is 44.6 Å². The summed E-state index contributed by atoms with van der Waals surface area (Å²) >= 11 is 0. The van der Waals surface area contributed by atoms with E-state index < -0.39 is 0 Å². The Morgan fingerprint density at radius 3 is 2.56 bits per heavy atom. The number of likely N-dealkylation sites (tertiary alicyclic amines) is 1. The lowest BCUT2D eigenvalue weighted by atomic mass is 10.1. The predicted molar refractivity (Wildman–Crippen MR) is 72.2 cm³/mol. The molecule has 1 aliphatic heterocycles. The third kappa shape index (κ3) is 6.93. The Balaban J connectivity index is 1.97. The quantitative estimate of drug-likeness (QED) is 0.538. The molecule has 1 heterocycles. The van der Waals surface area contributed by atoms with Crippen molar-refractivity contribution >= 4 is 5.91 Å². The number of piperidine rings is 1. The minimum absolute atomic E-state index is 0.118. The first-order chi connectivity index (χ1) is 8.72. The van der Waals surface area contributed by atoms with Crippen molar-refractivity contribution in [1.82, 2.24) is 10.2 Å². The Morgan fingerprint density at radius 2 is 1.89 bits per heavy atom. The molecule has 1 amide bonds. The van der Waals surface area contributed by atoms with Crippen LogP contribution < -0.4 is 11.1 Å². The largest absolute Gasteiger partial charge is 0.396 e. The molecule has 1 saturated heterocycles. The number of carbonyl (C=O) groups excluding carboxylic acids is 1. The van der Waals surface area contributed by atoms with Gasteiger partial charge in [0.15, 0.2) is 0 Å². The molecule has 5 nitrogen and oxygen atoms in total. The van der Waals surface area contributed by atoms with Crippen molar-refractivity contribution in [3.63, 3.8) is 0 Å². The van der Waals surface area contributed by atoms with Gasteiger partial charge in [-0.3, -0.25) is 9.69 Å². The minimum atomic E-state index is 0.118. The van der Waals surface area contributed by atoms with Gasteiger partial charge in [0.25, 0.3) is 0 Å². The second kappa shape index (κ2) is 9.30. The van der Waals surface area contributed by atoms with E-state index in [1.165, 1.54) is 0 Å². The van der Waals surface area contributed by atoms with Crippen LogP contribution in [-0.4, -0.2) is 54.7 Å². The Labute approximate surface area is 110 Å². The molecule has 1 fully saturated rings. The molecule has 0 radical (unpaired) electrons. The fourth-order valence-corrected chi connectivity index (χ4v) is 2.19. The molecule has 18 heavy (non-hydrogen) atoms. The molecular formula is C13H27N3O2. The highest BCUT2D eigenvalue weighted by molar-refractivity contribution is 5.77. The van der Waals surface area contributed by atoms with Gasteiger partial charge in [0, 0.05) is 32.3 Å². The third-order valence-electron chi connectivity index (χ3n) is 3.41. The Morgan fingerprint density at radius 1 is 1.22 bits per heavy atom. The lowest BCUT2D eigenvalue weighted by molar-refractivity contribution is -0.122. The van der Waals surface area contributed by atoms with Gasteiger partial charge in [-0.2, -0.15) is 0 Å². The third-order valence-corrected chi connectivity index (χ3v) is 3.41. The lowest BCUT2D eigenvalue weighted by Crippen LogP contribution is -2.44. The van der Waals surface area contributed by atoms with Crippen LogP contribution in [0.4, 0.5) is 0 Å². The van der Waals surface area contributed by atoms with Crippen LogP contribution in [0.1, 0.15) is 38.5 Å². The molecule has 0 aromatic rings. The molecule has 4 N–H and O–H groups in total. The molecule has 106 valence electrons. The van der Waals surface area contributed by atoms with E-state index in [-0.39, 0.29) is 12.5 Å². The van der Waals surface area contributed by atoms with Crippen molar-refractivity contribution in [2.24, 2.45) is 5.73 Å². The summed E-state index contributed by atoms with van der Waals surface area (Å²) in [7, 11) is 0. The maximum atomic E-state index is 11.7. The first kappa shape index (κ1) is 15.4. The van der Waals surface area contributed by atoms with E-state index >= 15 is 0 Å². The highest BCUT2D eigenvalue weighted by Gasteiger charge is 2.17. The summed E-state index contributed by atoms with van der Waals surface area (Å²) in [6.07, 6.45) is 5.96. The molecule has 0 atom stereocenters. The Hall–Kier alpha value is -0.650. The number of nitrogens with zero attached hydrogens (tertiary/aromatic N) is 1. The fraction of sp³-hybridized carbons (Fsp3) is 0.923. The van der Waals surface area contributed by atoms with E-state index in [1.54, 1.807) is 0 Å². The molecule has 5 heteroatoms. The molecule has 0 aromatic carbocycles. The van der Waals surface area contributed by atoms with Crippen LogP contribution in [0.25, 0.3) is 0 Å². The van der Waals surface area contributed by atoms with E-state index in [4.69, 9.17) is 10.8 Å². The first-order valence-corrected chi connectivity index (χ1v) is 7.08. The minimum Gasteiger partial charge on any atom is -0.396 e. The highest BCUT2D eigenvalue weighted by atomic mass is 16.2. The monoisotopic (exact) mass is 257 g/mol. The second-order valence-corrected chi connectivity index (χ2v) is 5.10. The van der Waals surface area contributed by atoms with Gasteiger partial charge in [0.1, 0.15) is 0 Å². The lowest BCUT2D eigenvalue weighted by Gasteiger charge is -2.29. The Bertz CT molecular complexity index is 228. The van der Waals surface area contributed by atoms with Gasteiger partial charge in [0.2, 0.25) is 5.91 Å². The van der Waals surface area contributed by atoms with Crippen molar-refractivity contribution in [3.8, 4) is 0 Å². The van der Waals surface area contributed by atoms with Crippen LogP contribution in [0.2, 0.25) is 0 Å². The standard InChI is InChI=1S/C13H27N3O2/c14-12-5-8-16(9-6-12)11-13(18)15-7-3-1-2-4-10-17/h12,17H,1-11,14H2,(H,15,18). The number of unbranched alkanes of at least 4 members (excludes halogenated alkanes) is 3. The average molecular weight is 257 g/mol. The number of hydrogen-bond acceptors (Lipinski definition) is 4. The topological polar surface area (TPSA) is 78.6 Å². The molecule has 1 aliphatic rings. The summed E-state index contributed by atoms with van der Waals surface area (Å²) in [6, 6.07) is 0.316. The molecule has 0 unspecified atom stereocenters. The van der Waals surface area contributed by atoms with Gasteiger partial charge < -0.3 is 16.2 Å². The maximum Gasteiger partial charge on any atom is 0.234 e. The zero-order chi connectivity index (χ0) is 13.2. The van der Waals surface area contributed by atoms with Crippen LogP contribution in [0, 0.1) is 0 Å². The van der Waals surface area contributed by atoms with E-state index in [0.29, 0.717) is 12.6 Å². The fourth-order valence-electron chi connectivity index (χ4n) is 2.19. The number of nitrogens with one attached hydrogen (secondary N) is 1. The van der Waals surface area contributed by atoms with E-state index in [9.17, 15) is 4.79 Å². The van der Waals surface area contributed by atoms with Crippen molar-refractivity contribution in [3.05, 3.63) is 0 Å². The van der Waals surface area contributed by atoms with Crippen LogP contribution >= 0.6 is 0 Å². The SMILES string of the molecule is NC1CCN(CC(=O)NCCCCCCO)CC1. The molecule has 0 bridgehead atoms. The van der Waals surface area contributed by atoms with Crippen LogP contribution in [0.5, 0.6) is 0 Å². The first-order valence-electron chi connectivity index (χ1n) is 7.08. The molecule has 1 rings (SSSR count). The second-order valence-electron chi connectivity index (χ2n) is 5.10. The van der Waals surface area contributed by atoms with Crippen LogP contribution in [0.3, 0.4) is 0 Å². The highest BCUT2D eigenvalue weighted by Crippen LogP contribution is 2.07. The summed E-state index contributed by atoms with van der Waals surface area (Å²) in [5.41, 5.74) is 5.82. The molecule has 0 spiro atoms. The molecule has 0 aliphatic carbocycles. The zero-order valence-corrected chi connectivity index (χ0v) is 11.2. The van der Waals surface area contributed by atoms with Gasteiger partial charge in [0.05, 0.1) is 6.54 Å².